The van der Waals surface area contributed by atoms with Gasteiger partial charge in [-0.05, 0) is 17.7 Å². The van der Waals surface area contributed by atoms with E-state index in [4.69, 9.17) is 5.73 Å². The van der Waals surface area contributed by atoms with E-state index in [0.717, 1.165) is 17.1 Å². The summed E-state index contributed by atoms with van der Waals surface area (Å²) >= 11 is 0.722. The molecule has 0 spiro atoms. The predicted molar refractivity (Wildman–Crippen MR) is 67.9 cm³/mol. The van der Waals surface area contributed by atoms with Crippen LogP contribution in [0.5, 0.6) is 0 Å². The molecule has 2 rings (SSSR count). The quantitative estimate of drug-likeness (QED) is 0.882. The van der Waals surface area contributed by atoms with E-state index < -0.39 is 12.0 Å². The van der Waals surface area contributed by atoms with Gasteiger partial charge in [0.05, 0.1) is 0 Å². The van der Waals surface area contributed by atoms with Gasteiger partial charge in [-0.15, -0.1) is 0 Å². The fourth-order valence-corrected chi connectivity index (χ4v) is 2.16. The predicted octanol–water partition coefficient (Wildman–Crippen LogP) is 2.78. The van der Waals surface area contributed by atoms with Gasteiger partial charge in [0.2, 0.25) is 11.0 Å². The lowest BCUT2D eigenvalue weighted by Gasteiger charge is -2.15. The Morgan fingerprint density at radius 2 is 2.11 bits per heavy atom. The number of nitrogens with two attached hydrogens (primary N) is 1. The largest absolute Gasteiger partial charge is 0.452 e. The van der Waals surface area contributed by atoms with E-state index in [1.165, 1.54) is 0 Å². The van der Waals surface area contributed by atoms with Crippen LogP contribution in [-0.4, -0.2) is 16.4 Å². The second kappa shape index (κ2) is 5.04. The van der Waals surface area contributed by atoms with Crippen molar-refractivity contribution >= 4 is 22.4 Å². The van der Waals surface area contributed by atoms with Crippen LogP contribution in [0.15, 0.2) is 24.3 Å². The minimum Gasteiger partial charge on any atom is -0.399 e. The SMILES string of the molecule is CN(Cc1cccc(N)c1)c1nc(C(F)(F)F)ns1. The molecule has 4 nitrogen and oxygen atoms in total. The molecular weight excluding hydrogens is 277 g/mol. The van der Waals surface area contributed by atoms with Gasteiger partial charge in [0.25, 0.3) is 0 Å². The molecule has 0 aliphatic carbocycles. The Labute approximate surface area is 111 Å². The van der Waals surface area contributed by atoms with Crippen LogP contribution in [-0.2, 0) is 12.7 Å². The number of nitrogen functional groups attached to an aromatic ring is 1. The van der Waals surface area contributed by atoms with Crippen LogP contribution in [0.4, 0.5) is 24.0 Å². The topological polar surface area (TPSA) is 55.0 Å². The van der Waals surface area contributed by atoms with Gasteiger partial charge in [0.15, 0.2) is 0 Å². The molecule has 0 fully saturated rings. The molecule has 0 radical (unpaired) electrons. The molecule has 0 aliphatic heterocycles. The zero-order chi connectivity index (χ0) is 14.0. The maximum absolute atomic E-state index is 12.4. The minimum absolute atomic E-state index is 0.217. The zero-order valence-electron chi connectivity index (χ0n) is 9.98. The summed E-state index contributed by atoms with van der Waals surface area (Å²) < 4.78 is 40.5. The third-order valence-corrected chi connectivity index (χ3v) is 3.20. The van der Waals surface area contributed by atoms with E-state index in [1.807, 2.05) is 6.07 Å². The van der Waals surface area contributed by atoms with Gasteiger partial charge in [-0.2, -0.15) is 22.5 Å². The summed E-state index contributed by atoms with van der Waals surface area (Å²) in [5.74, 6) is -1.10. The maximum Gasteiger partial charge on any atom is 0.452 e. The highest BCUT2D eigenvalue weighted by Crippen LogP contribution is 2.30. The first-order valence-corrected chi connectivity index (χ1v) is 6.10. The third kappa shape index (κ3) is 3.34. The number of anilines is 2. The van der Waals surface area contributed by atoms with Gasteiger partial charge in [0, 0.05) is 30.8 Å². The highest BCUT2D eigenvalue weighted by molar-refractivity contribution is 7.09. The van der Waals surface area contributed by atoms with Crippen molar-refractivity contribution in [3.63, 3.8) is 0 Å². The number of hydrogen-bond acceptors (Lipinski definition) is 5. The number of nitrogens with zero attached hydrogens (tertiary/aromatic N) is 3. The van der Waals surface area contributed by atoms with E-state index in [-0.39, 0.29) is 5.13 Å². The number of rotatable bonds is 3. The third-order valence-electron chi connectivity index (χ3n) is 2.37. The van der Waals surface area contributed by atoms with Crippen molar-refractivity contribution in [2.75, 3.05) is 17.7 Å². The summed E-state index contributed by atoms with van der Waals surface area (Å²) in [4.78, 5) is 5.08. The molecule has 1 aromatic heterocycles. The van der Waals surface area contributed by atoms with Gasteiger partial charge in [-0.3, -0.25) is 0 Å². The fourth-order valence-electron chi connectivity index (χ4n) is 1.52. The molecule has 0 saturated heterocycles. The second-order valence-electron chi connectivity index (χ2n) is 4.00. The van der Waals surface area contributed by atoms with Crippen LogP contribution in [0.3, 0.4) is 0 Å². The van der Waals surface area contributed by atoms with Crippen LogP contribution in [0.25, 0.3) is 0 Å². The molecular formula is C11H11F3N4S. The molecule has 0 amide bonds. The molecule has 2 N–H and O–H groups in total. The van der Waals surface area contributed by atoms with Crippen LogP contribution >= 0.6 is 11.5 Å². The maximum atomic E-state index is 12.4. The summed E-state index contributed by atoms with van der Waals surface area (Å²) in [6.45, 7) is 0.414. The lowest BCUT2D eigenvalue weighted by Crippen LogP contribution is -2.17. The van der Waals surface area contributed by atoms with Crippen molar-refractivity contribution < 1.29 is 13.2 Å². The zero-order valence-corrected chi connectivity index (χ0v) is 10.8. The first-order chi connectivity index (χ1) is 8.86. The smallest absolute Gasteiger partial charge is 0.399 e. The van der Waals surface area contributed by atoms with E-state index in [0.29, 0.717) is 12.2 Å². The Hall–Kier alpha value is -1.83. The molecule has 2 aromatic rings. The lowest BCUT2D eigenvalue weighted by atomic mass is 10.2. The Kier molecular flexibility index (Phi) is 3.61. The summed E-state index contributed by atoms with van der Waals surface area (Å²) in [6.07, 6.45) is -4.51. The lowest BCUT2D eigenvalue weighted by molar-refractivity contribution is -0.144. The first-order valence-electron chi connectivity index (χ1n) is 5.33. The van der Waals surface area contributed by atoms with Gasteiger partial charge in [-0.25, -0.2) is 0 Å². The van der Waals surface area contributed by atoms with E-state index in [9.17, 15) is 13.2 Å². The summed E-state index contributed by atoms with van der Waals surface area (Å²) in [7, 11) is 1.66. The van der Waals surface area contributed by atoms with Crippen molar-refractivity contribution in [2.24, 2.45) is 0 Å². The highest BCUT2D eigenvalue weighted by Gasteiger charge is 2.36. The molecule has 1 heterocycles. The van der Waals surface area contributed by atoms with Crippen LogP contribution in [0.1, 0.15) is 11.4 Å². The summed E-state index contributed by atoms with van der Waals surface area (Å²) in [6, 6.07) is 7.15. The van der Waals surface area contributed by atoms with Crippen LogP contribution in [0.2, 0.25) is 0 Å². The molecule has 19 heavy (non-hydrogen) atoms. The average molecular weight is 288 g/mol. The number of alkyl halides is 3. The Morgan fingerprint density at radius 1 is 1.37 bits per heavy atom. The van der Waals surface area contributed by atoms with Gasteiger partial charge >= 0.3 is 6.18 Å². The van der Waals surface area contributed by atoms with Crippen LogP contribution < -0.4 is 10.6 Å². The molecule has 1 aromatic carbocycles. The Balaban J connectivity index is 2.12. The van der Waals surface area contributed by atoms with Crippen molar-refractivity contribution in [2.45, 2.75) is 12.7 Å². The van der Waals surface area contributed by atoms with E-state index >= 15 is 0 Å². The van der Waals surface area contributed by atoms with E-state index in [1.54, 1.807) is 30.1 Å². The average Bonchev–Trinajstić information content (AvgIpc) is 2.77. The van der Waals surface area contributed by atoms with Crippen molar-refractivity contribution in [3.05, 3.63) is 35.7 Å². The van der Waals surface area contributed by atoms with Crippen molar-refractivity contribution in [1.29, 1.82) is 0 Å². The number of halogens is 3. The molecule has 8 heteroatoms. The van der Waals surface area contributed by atoms with Crippen LogP contribution in [0, 0.1) is 0 Å². The van der Waals surface area contributed by atoms with E-state index in [2.05, 4.69) is 9.36 Å². The first kappa shape index (κ1) is 13.6. The van der Waals surface area contributed by atoms with Crippen molar-refractivity contribution in [3.8, 4) is 0 Å². The standard InChI is InChI=1S/C11H11F3N4S/c1-18(6-7-3-2-4-8(15)5-7)10-16-9(17-19-10)11(12,13)14/h2-5H,6,15H2,1H3. The molecule has 102 valence electrons. The summed E-state index contributed by atoms with van der Waals surface area (Å²) in [5.41, 5.74) is 7.15. The van der Waals surface area contributed by atoms with Crippen molar-refractivity contribution in [1.82, 2.24) is 9.36 Å². The molecule has 0 bridgehead atoms. The normalized spacial score (nSPS) is 11.6. The monoisotopic (exact) mass is 288 g/mol. The van der Waals surface area contributed by atoms with Gasteiger partial charge in [0.1, 0.15) is 0 Å². The highest BCUT2D eigenvalue weighted by atomic mass is 32.1. The summed E-state index contributed by atoms with van der Waals surface area (Å²) in [5, 5.41) is 0.217. The number of benzene rings is 1. The molecule has 0 unspecified atom stereocenters. The molecule has 0 aliphatic rings. The van der Waals surface area contributed by atoms with Gasteiger partial charge in [-0.1, -0.05) is 12.1 Å². The molecule has 0 saturated carbocycles. The van der Waals surface area contributed by atoms with Gasteiger partial charge < -0.3 is 10.6 Å². The molecule has 0 atom stereocenters. The number of hydrogen-bond donors (Lipinski definition) is 1. The Morgan fingerprint density at radius 3 is 2.68 bits per heavy atom. The second-order valence-corrected chi connectivity index (χ2v) is 4.73. The fraction of sp³-hybridized carbons (Fsp3) is 0.273. The number of aromatic nitrogens is 2. The minimum atomic E-state index is -4.51. The Bertz CT molecular complexity index is 567.